The quantitative estimate of drug-likeness (QED) is 0.458. The van der Waals surface area contributed by atoms with Gasteiger partial charge in [-0.2, -0.15) is 0 Å². The van der Waals surface area contributed by atoms with Crippen LogP contribution in [0.1, 0.15) is 44.0 Å². The zero-order valence-electron chi connectivity index (χ0n) is 11.8. The van der Waals surface area contributed by atoms with Gasteiger partial charge in [0.2, 0.25) is 0 Å². The molecular weight excluding hydrogens is 242 g/mol. The number of aliphatic hydroxyl groups is 1. The molecule has 1 aliphatic carbocycles. The van der Waals surface area contributed by atoms with Crippen molar-refractivity contribution in [3.05, 3.63) is 11.4 Å². The summed E-state index contributed by atoms with van der Waals surface area (Å²) in [5, 5.41) is 12.7. The molecule has 1 heterocycles. The van der Waals surface area contributed by atoms with Crippen molar-refractivity contribution >= 4 is 11.6 Å². The average Bonchev–Trinajstić information content (AvgIpc) is 3.18. The molecular formula is C13H23N5O. The number of nitrogens with one attached hydrogen (secondary N) is 2. The highest BCUT2D eigenvalue weighted by molar-refractivity contribution is 5.57. The number of nitrogens with zero attached hydrogens (tertiary/aromatic N) is 2. The van der Waals surface area contributed by atoms with Crippen LogP contribution in [0.4, 0.5) is 11.6 Å². The molecule has 2 rings (SSSR count). The van der Waals surface area contributed by atoms with Crippen LogP contribution in [-0.2, 0) is 0 Å². The summed E-state index contributed by atoms with van der Waals surface area (Å²) in [5.41, 5.74) is 3.57. The van der Waals surface area contributed by atoms with E-state index in [9.17, 15) is 5.11 Å². The molecule has 0 radical (unpaired) electrons. The Kier molecular flexibility index (Phi) is 3.91. The van der Waals surface area contributed by atoms with Gasteiger partial charge in [-0.3, -0.25) is 0 Å². The zero-order chi connectivity index (χ0) is 14.0. The Balaban J connectivity index is 2.20. The first kappa shape index (κ1) is 14.0. The van der Waals surface area contributed by atoms with Crippen molar-refractivity contribution < 1.29 is 5.11 Å². The maximum atomic E-state index is 9.34. The molecule has 6 nitrogen and oxygen atoms in total. The van der Waals surface area contributed by atoms with E-state index in [0.717, 1.165) is 36.6 Å². The van der Waals surface area contributed by atoms with Gasteiger partial charge in [-0.1, -0.05) is 13.8 Å². The number of aromatic nitrogens is 2. The number of anilines is 2. The Morgan fingerprint density at radius 2 is 1.95 bits per heavy atom. The summed E-state index contributed by atoms with van der Waals surface area (Å²) >= 11 is 0. The van der Waals surface area contributed by atoms with Gasteiger partial charge in [-0.15, -0.1) is 0 Å². The SMILES string of the molecule is Cc1c(NN)nc(C(C)C)nc1NCC1(CO)CC1. The van der Waals surface area contributed by atoms with Gasteiger partial charge < -0.3 is 15.8 Å². The van der Waals surface area contributed by atoms with Crippen LogP contribution in [0.3, 0.4) is 0 Å². The molecule has 1 aromatic heterocycles. The van der Waals surface area contributed by atoms with E-state index < -0.39 is 0 Å². The Morgan fingerprint density at radius 3 is 2.42 bits per heavy atom. The van der Waals surface area contributed by atoms with Crippen molar-refractivity contribution in [2.75, 3.05) is 23.9 Å². The minimum Gasteiger partial charge on any atom is -0.396 e. The molecule has 1 aromatic rings. The lowest BCUT2D eigenvalue weighted by atomic mass is 10.1. The van der Waals surface area contributed by atoms with Gasteiger partial charge in [0.05, 0.1) is 6.61 Å². The Bertz CT molecular complexity index is 457. The summed E-state index contributed by atoms with van der Waals surface area (Å²) < 4.78 is 0. The van der Waals surface area contributed by atoms with Crippen LogP contribution < -0.4 is 16.6 Å². The van der Waals surface area contributed by atoms with Crippen LogP contribution in [0.25, 0.3) is 0 Å². The number of nitrogens with two attached hydrogens (primary N) is 1. The van der Waals surface area contributed by atoms with Crippen molar-refractivity contribution in [3.8, 4) is 0 Å². The molecule has 1 saturated carbocycles. The fourth-order valence-corrected chi connectivity index (χ4v) is 1.94. The molecule has 0 saturated heterocycles. The second kappa shape index (κ2) is 5.30. The average molecular weight is 265 g/mol. The number of aliphatic hydroxyl groups excluding tert-OH is 1. The fourth-order valence-electron chi connectivity index (χ4n) is 1.94. The van der Waals surface area contributed by atoms with E-state index in [4.69, 9.17) is 5.84 Å². The minimum atomic E-state index is 0.0473. The Hall–Kier alpha value is -1.40. The van der Waals surface area contributed by atoms with Gasteiger partial charge in [0.15, 0.2) is 0 Å². The van der Waals surface area contributed by atoms with Crippen molar-refractivity contribution in [2.45, 2.75) is 39.5 Å². The lowest BCUT2D eigenvalue weighted by Crippen LogP contribution is -2.21. The molecule has 6 heteroatoms. The Morgan fingerprint density at radius 1 is 1.32 bits per heavy atom. The van der Waals surface area contributed by atoms with Gasteiger partial charge in [-0.25, -0.2) is 15.8 Å². The molecule has 1 aliphatic rings. The highest BCUT2D eigenvalue weighted by Gasteiger charge is 2.41. The smallest absolute Gasteiger partial charge is 0.148 e. The van der Waals surface area contributed by atoms with Gasteiger partial charge in [0.25, 0.3) is 0 Å². The molecule has 0 aromatic carbocycles. The van der Waals surface area contributed by atoms with Gasteiger partial charge >= 0.3 is 0 Å². The highest BCUT2D eigenvalue weighted by atomic mass is 16.3. The third kappa shape index (κ3) is 2.96. The predicted molar refractivity (Wildman–Crippen MR) is 75.9 cm³/mol. The van der Waals surface area contributed by atoms with Crippen molar-refractivity contribution in [1.29, 1.82) is 0 Å². The molecule has 0 aliphatic heterocycles. The number of rotatable bonds is 6. The van der Waals surface area contributed by atoms with E-state index >= 15 is 0 Å². The molecule has 0 bridgehead atoms. The summed E-state index contributed by atoms with van der Waals surface area (Å²) in [7, 11) is 0. The third-order valence-electron chi connectivity index (χ3n) is 3.74. The number of nitrogen functional groups attached to an aromatic ring is 1. The van der Waals surface area contributed by atoms with E-state index in [2.05, 4.69) is 20.7 Å². The van der Waals surface area contributed by atoms with Crippen molar-refractivity contribution in [2.24, 2.45) is 11.3 Å². The zero-order valence-corrected chi connectivity index (χ0v) is 11.8. The summed E-state index contributed by atoms with van der Waals surface area (Å²) in [6.45, 7) is 6.99. The maximum absolute atomic E-state index is 9.34. The molecule has 0 unspecified atom stereocenters. The molecule has 19 heavy (non-hydrogen) atoms. The second-order valence-electron chi connectivity index (χ2n) is 5.71. The lowest BCUT2D eigenvalue weighted by Gasteiger charge is -2.17. The van der Waals surface area contributed by atoms with Crippen molar-refractivity contribution in [3.63, 3.8) is 0 Å². The number of hydrogen-bond acceptors (Lipinski definition) is 6. The first-order valence-electron chi connectivity index (χ1n) is 6.71. The number of hydrazine groups is 1. The first-order chi connectivity index (χ1) is 9.01. The predicted octanol–water partition coefficient (Wildman–Crippen LogP) is 1.38. The molecule has 5 N–H and O–H groups in total. The van der Waals surface area contributed by atoms with E-state index in [1.807, 2.05) is 20.8 Å². The van der Waals surface area contributed by atoms with Gasteiger partial charge in [0.1, 0.15) is 17.5 Å². The van der Waals surface area contributed by atoms with Crippen molar-refractivity contribution in [1.82, 2.24) is 9.97 Å². The van der Waals surface area contributed by atoms with E-state index in [1.165, 1.54) is 0 Å². The normalized spacial score (nSPS) is 16.5. The molecule has 0 spiro atoms. The van der Waals surface area contributed by atoms with E-state index in [-0.39, 0.29) is 17.9 Å². The number of hydrogen-bond donors (Lipinski definition) is 4. The van der Waals surface area contributed by atoms with Gasteiger partial charge in [0, 0.05) is 23.4 Å². The molecule has 0 atom stereocenters. The van der Waals surface area contributed by atoms with Crippen LogP contribution >= 0.6 is 0 Å². The third-order valence-corrected chi connectivity index (χ3v) is 3.74. The molecule has 0 amide bonds. The minimum absolute atomic E-state index is 0.0473. The van der Waals surface area contributed by atoms with E-state index in [1.54, 1.807) is 0 Å². The maximum Gasteiger partial charge on any atom is 0.148 e. The van der Waals surface area contributed by atoms with E-state index in [0.29, 0.717) is 5.82 Å². The standard InChI is InChI=1S/C13H23N5O/c1-8(2)10-16-11(9(3)12(17-10)18-14)15-6-13(7-19)4-5-13/h8,19H,4-7,14H2,1-3H3,(H2,15,16,17,18). The first-order valence-corrected chi connectivity index (χ1v) is 6.71. The molecule has 1 fully saturated rings. The van der Waals surface area contributed by atoms with Gasteiger partial charge in [-0.05, 0) is 19.8 Å². The summed E-state index contributed by atoms with van der Waals surface area (Å²) in [6, 6.07) is 0. The topological polar surface area (TPSA) is 96.1 Å². The fraction of sp³-hybridized carbons (Fsp3) is 0.692. The highest BCUT2D eigenvalue weighted by Crippen LogP contribution is 2.45. The van der Waals surface area contributed by atoms with Crippen LogP contribution in [0.15, 0.2) is 0 Å². The summed E-state index contributed by atoms with van der Waals surface area (Å²) in [6.07, 6.45) is 2.14. The monoisotopic (exact) mass is 265 g/mol. The van der Waals surface area contributed by atoms with Crippen LogP contribution in [0, 0.1) is 12.3 Å². The van der Waals surface area contributed by atoms with Crippen LogP contribution in [0.2, 0.25) is 0 Å². The molecule has 106 valence electrons. The van der Waals surface area contributed by atoms with Crippen LogP contribution in [0.5, 0.6) is 0 Å². The largest absolute Gasteiger partial charge is 0.396 e. The summed E-state index contributed by atoms with van der Waals surface area (Å²) in [4.78, 5) is 8.94. The summed E-state index contributed by atoms with van der Waals surface area (Å²) in [5.74, 6) is 7.94. The second-order valence-corrected chi connectivity index (χ2v) is 5.71. The van der Waals surface area contributed by atoms with Crippen LogP contribution in [-0.4, -0.2) is 28.2 Å². The Labute approximate surface area is 113 Å². The lowest BCUT2D eigenvalue weighted by molar-refractivity contribution is 0.219.